The van der Waals surface area contributed by atoms with Gasteiger partial charge in [-0.2, -0.15) is 0 Å². The zero-order chi connectivity index (χ0) is 62.1. The summed E-state index contributed by atoms with van der Waals surface area (Å²) in [6.45, 7) is 33.6. The summed E-state index contributed by atoms with van der Waals surface area (Å²) in [5.41, 5.74) is 8.61. The van der Waals surface area contributed by atoms with Gasteiger partial charge in [0.1, 0.15) is 0 Å². The average Bonchev–Trinajstić information content (AvgIpc) is 1.71. The summed E-state index contributed by atoms with van der Waals surface area (Å²) in [5.74, 6) is 1.65. The number of pyridine rings is 1. The van der Waals surface area contributed by atoms with Crippen molar-refractivity contribution in [1.82, 2.24) is 18.7 Å². The summed E-state index contributed by atoms with van der Waals surface area (Å²) in [5, 5.41) is 2.11. The van der Waals surface area contributed by atoms with Gasteiger partial charge in [0.05, 0.1) is 0 Å². The first-order valence-corrected chi connectivity index (χ1v) is 26.8. The monoisotopic (exact) mass is 1180 g/mol. The number of fused-ring (bicyclic) bond motifs is 5. The molecule has 11 rings (SSSR count). The third kappa shape index (κ3) is 8.22. The van der Waals surface area contributed by atoms with E-state index in [9.17, 15) is 5.48 Å². The normalized spacial score (nSPS) is 17.1. The number of hydrogen-bond acceptors (Lipinski definition) is 2. The van der Waals surface area contributed by atoms with Crippen LogP contribution in [0.3, 0.4) is 0 Å². The molecule has 0 radical (unpaired) electrons. The van der Waals surface area contributed by atoms with Gasteiger partial charge in [-0.15, -0.1) is 0 Å². The molecule has 0 fully saturated rings. The molecule has 75 heavy (non-hydrogen) atoms. The van der Waals surface area contributed by atoms with E-state index >= 15 is 0 Å². The molecule has 3 aromatic heterocycles. The molecular weight excluding hydrogens is 1100 g/mol. The summed E-state index contributed by atoms with van der Waals surface area (Å²) >= 11 is 2.22. The number of ether oxygens (including phenoxy) is 1. The number of para-hydroxylation sites is 1. The Morgan fingerprint density at radius 2 is 1.12 bits per heavy atom. The van der Waals surface area contributed by atoms with Crippen molar-refractivity contribution in [3.8, 4) is 50.9 Å². The quantitative estimate of drug-likeness (QED) is 0.149. The zero-order valence-electron chi connectivity index (χ0n) is 55.7. The number of aromatic nitrogens is 4. The van der Waals surface area contributed by atoms with Crippen LogP contribution in [0.25, 0.3) is 72.3 Å². The van der Waals surface area contributed by atoms with Gasteiger partial charge in [-0.3, -0.25) is 0 Å². The molecule has 0 saturated heterocycles. The van der Waals surface area contributed by atoms with Crippen molar-refractivity contribution >= 4 is 32.8 Å². The molecule has 0 N–H and O–H groups in total. The van der Waals surface area contributed by atoms with Gasteiger partial charge in [-0.1, -0.05) is 62.3 Å². The van der Waals surface area contributed by atoms with Crippen molar-refractivity contribution in [3.63, 3.8) is 0 Å². The Bertz CT molecular complexity index is 4440. The Hall–Kier alpha value is -6.55. The molecule has 1 aliphatic carbocycles. The molecule has 3 heterocycles. The second-order valence-corrected chi connectivity index (χ2v) is 25.9. The molecule has 7 aromatic carbocycles. The molecule has 0 bridgehead atoms. The molecule has 10 aromatic rings. The first kappa shape index (κ1) is 39.8. The standard InChI is InChI=1S/C69H70N4O.Pt/c1-64(2,3)46-29-32-58-61(37-46)71(43-72(58)63-52(44-23-18-16-19-24-44)27-22-28-53(63)45-25-20-17-21-26-45)49-35-48(66(7,8)9)36-51(39-49)74-50-30-31-54-55-41-56-57(68(12,13)69(14,15)67(56,10)11)42-60(55)73(59(54)40-50)62-38-47(33-34-70-62)65(4,5)6;/h16-38,41-42H,1-15H3;/q-2;/i16D,17D,18D,19D,20D,21D,23D,24D,25D,26D;. The van der Waals surface area contributed by atoms with Crippen LogP contribution in [0.1, 0.15) is 145 Å². The van der Waals surface area contributed by atoms with E-state index in [1.54, 1.807) is 18.2 Å². The van der Waals surface area contributed by atoms with Crippen molar-refractivity contribution in [2.75, 3.05) is 0 Å². The molecule has 0 saturated carbocycles. The topological polar surface area (TPSA) is 36.9 Å². The number of benzene rings is 7. The Labute approximate surface area is 469 Å². The predicted octanol–water partition coefficient (Wildman–Crippen LogP) is 18.2. The second-order valence-electron chi connectivity index (χ2n) is 24.9. The first-order chi connectivity index (χ1) is 39.4. The van der Waals surface area contributed by atoms with Crippen LogP contribution in [-0.2, 0) is 46.4 Å². The van der Waals surface area contributed by atoms with E-state index in [1.807, 2.05) is 39.6 Å². The Kier molecular flexibility index (Phi) is 9.29. The molecular formula is C69H70N4OPt-2. The van der Waals surface area contributed by atoms with Crippen LogP contribution in [0, 0.1) is 21.4 Å². The number of nitrogens with zero attached hydrogens (tertiary/aromatic N) is 4. The predicted molar refractivity (Wildman–Crippen MR) is 309 cm³/mol. The second kappa shape index (κ2) is 17.5. The van der Waals surface area contributed by atoms with Crippen molar-refractivity contribution in [3.05, 3.63) is 195 Å². The van der Waals surface area contributed by atoms with Gasteiger partial charge in [-0.25, -0.2) is 0 Å². The molecule has 1 aliphatic rings. The van der Waals surface area contributed by atoms with E-state index in [1.165, 1.54) is 11.1 Å². The van der Waals surface area contributed by atoms with Crippen LogP contribution >= 0.6 is 0 Å². The third-order valence-electron chi connectivity index (χ3n) is 16.7. The zero-order valence-corrected chi connectivity index (χ0v) is 47.9. The van der Waals surface area contributed by atoms with E-state index < -0.39 is 65.8 Å². The van der Waals surface area contributed by atoms with Gasteiger partial charge >= 0.3 is 359 Å². The summed E-state index contributed by atoms with van der Waals surface area (Å²) in [6, 6.07) is 30.5. The maximum atomic E-state index is 9.29. The van der Waals surface area contributed by atoms with Gasteiger partial charge in [0, 0.05) is 6.20 Å². The molecule has 0 aliphatic heterocycles. The Morgan fingerprint density at radius 1 is 0.533 bits per heavy atom. The third-order valence-corrected chi connectivity index (χ3v) is 17.7. The SMILES string of the molecule is [2H]c1c([2H])c([2H])c(-c2cccc(-c3c([2H])c([2H])c([2H])c([2H])c3[2H])c2-n2[c](=[Pt])n(-c3[c-]c(Oc4[c-]c5c(cc4)c4cc6c(cc4n5-c4cc(C(C)(C)C)ccn4)C(C)(C)C(C)(C)C6(C)C)cc(C(C)(C)C)c3)c3cc(C(C)(C)C)ccc32)c([2H])c1[2H]. The van der Waals surface area contributed by atoms with Crippen molar-refractivity contribution in [2.45, 2.75) is 131 Å². The van der Waals surface area contributed by atoms with E-state index in [0.717, 1.165) is 44.3 Å². The van der Waals surface area contributed by atoms with E-state index in [2.05, 4.69) is 182 Å². The van der Waals surface area contributed by atoms with Gasteiger partial charge in [0.25, 0.3) is 0 Å². The molecule has 384 valence electrons. The molecule has 0 amide bonds. The Morgan fingerprint density at radius 3 is 1.72 bits per heavy atom. The summed E-state index contributed by atoms with van der Waals surface area (Å²) in [4.78, 5) is 5.05. The van der Waals surface area contributed by atoms with Crippen LogP contribution in [0.2, 0.25) is 0 Å². The summed E-state index contributed by atoms with van der Waals surface area (Å²) in [6.07, 6.45) is 1.89. The minimum absolute atomic E-state index is 0.0494. The Balaban J connectivity index is 1.19. The molecule has 0 spiro atoms. The number of imidazole rings is 1. The van der Waals surface area contributed by atoms with Crippen LogP contribution < -0.4 is 4.74 Å². The van der Waals surface area contributed by atoms with Crippen LogP contribution in [-0.4, -0.2) is 18.7 Å². The summed E-state index contributed by atoms with van der Waals surface area (Å²) < 4.78 is 103. The van der Waals surface area contributed by atoms with Crippen molar-refractivity contribution in [1.29, 1.82) is 0 Å². The fourth-order valence-corrected chi connectivity index (χ4v) is 12.1. The van der Waals surface area contributed by atoms with Gasteiger partial charge in [0.15, 0.2) is 0 Å². The maximum absolute atomic E-state index is 9.29. The van der Waals surface area contributed by atoms with Crippen LogP contribution in [0.4, 0.5) is 0 Å². The molecule has 0 unspecified atom stereocenters. The first-order valence-electron chi connectivity index (χ1n) is 30.7. The van der Waals surface area contributed by atoms with Crippen LogP contribution in [0.5, 0.6) is 11.5 Å². The van der Waals surface area contributed by atoms with Crippen molar-refractivity contribution in [2.24, 2.45) is 5.41 Å². The number of rotatable bonds is 7. The molecule has 6 heteroatoms. The summed E-state index contributed by atoms with van der Waals surface area (Å²) in [7, 11) is 0. The fourth-order valence-electron chi connectivity index (χ4n) is 11.0. The van der Waals surface area contributed by atoms with E-state index in [0.29, 0.717) is 32.0 Å². The van der Waals surface area contributed by atoms with Gasteiger partial charge in [-0.05, 0) is 44.4 Å². The minimum atomic E-state index is -0.564. The fraction of sp³-hybridized carbons (Fsp3) is 0.304. The van der Waals surface area contributed by atoms with Crippen molar-refractivity contribution < 1.29 is 37.8 Å². The van der Waals surface area contributed by atoms with Gasteiger partial charge in [0.2, 0.25) is 0 Å². The van der Waals surface area contributed by atoms with E-state index in [-0.39, 0.29) is 55.0 Å². The molecule has 0 atom stereocenters. The van der Waals surface area contributed by atoms with E-state index in [4.69, 9.17) is 17.9 Å². The van der Waals surface area contributed by atoms with Gasteiger partial charge < -0.3 is 0 Å². The molecule has 5 nitrogen and oxygen atoms in total. The van der Waals surface area contributed by atoms with Crippen LogP contribution in [0.15, 0.2) is 152 Å². The average molecular weight is 1180 g/mol. The number of hydrogen-bond donors (Lipinski definition) is 0.